The van der Waals surface area contributed by atoms with Crippen LogP contribution in [0.5, 0.6) is 0 Å². The number of benzene rings is 1. The minimum atomic E-state index is 1.22. The second kappa shape index (κ2) is 5.97. The van der Waals surface area contributed by atoms with Crippen LogP contribution in [0.4, 0.5) is 0 Å². The van der Waals surface area contributed by atoms with E-state index in [4.69, 9.17) is 0 Å². The average molecular weight is 199 g/mol. The first-order chi connectivity index (χ1) is 7.36. The van der Waals surface area contributed by atoms with Gasteiger partial charge in [-0.05, 0) is 30.2 Å². The Morgan fingerprint density at radius 3 is 1.73 bits per heavy atom. The highest BCUT2D eigenvalue weighted by molar-refractivity contribution is 5.62. The molecule has 0 unspecified atom stereocenters. The van der Waals surface area contributed by atoms with Gasteiger partial charge in [0.1, 0.15) is 0 Å². The molecule has 0 aliphatic heterocycles. The molecule has 1 heterocycles. The van der Waals surface area contributed by atoms with E-state index in [0.29, 0.717) is 0 Å². The number of aromatic nitrogens is 1. The van der Waals surface area contributed by atoms with E-state index in [0.717, 1.165) is 0 Å². The summed E-state index contributed by atoms with van der Waals surface area (Å²) in [5, 5.41) is 0. The third kappa shape index (κ3) is 3.21. The lowest BCUT2D eigenvalue weighted by atomic mass is 10.1. The predicted molar refractivity (Wildman–Crippen MR) is 65.8 cm³/mol. The van der Waals surface area contributed by atoms with E-state index in [-0.39, 0.29) is 0 Å². The molecule has 0 amide bonds. The zero-order valence-corrected chi connectivity index (χ0v) is 9.57. The van der Waals surface area contributed by atoms with E-state index in [1.54, 1.807) is 0 Å². The number of hydrogen-bond acceptors (Lipinski definition) is 1. The standard InChI is InChI=1S/C12H11N.C2H6/c1-10-2-4-11(5-3-10)12-6-8-13-9-7-12;1-2/h2-9H,1H3;1-2H3. The normalized spacial score (nSPS) is 9.00. The number of pyridine rings is 1. The van der Waals surface area contributed by atoms with Crippen molar-refractivity contribution in [3.8, 4) is 11.1 Å². The number of aryl methyl sites for hydroxylation is 1. The van der Waals surface area contributed by atoms with Gasteiger partial charge in [-0.2, -0.15) is 0 Å². The van der Waals surface area contributed by atoms with Gasteiger partial charge in [0.15, 0.2) is 0 Å². The molecule has 0 radical (unpaired) electrons. The van der Waals surface area contributed by atoms with Gasteiger partial charge < -0.3 is 0 Å². The predicted octanol–water partition coefficient (Wildman–Crippen LogP) is 4.08. The molecule has 0 aliphatic carbocycles. The second-order valence-electron chi connectivity index (χ2n) is 3.10. The first kappa shape index (κ1) is 11.4. The van der Waals surface area contributed by atoms with Crippen LogP contribution in [0.2, 0.25) is 0 Å². The van der Waals surface area contributed by atoms with Crippen LogP contribution in [0.1, 0.15) is 19.4 Å². The third-order valence-corrected chi connectivity index (χ3v) is 2.07. The van der Waals surface area contributed by atoms with Crippen molar-refractivity contribution in [3.63, 3.8) is 0 Å². The fourth-order valence-corrected chi connectivity index (χ4v) is 1.29. The lowest BCUT2D eigenvalue weighted by Crippen LogP contribution is -1.78. The van der Waals surface area contributed by atoms with Crippen LogP contribution >= 0.6 is 0 Å². The van der Waals surface area contributed by atoms with Crippen molar-refractivity contribution in [3.05, 3.63) is 54.4 Å². The zero-order valence-electron chi connectivity index (χ0n) is 9.57. The maximum Gasteiger partial charge on any atom is 0.0273 e. The Labute approximate surface area is 91.8 Å². The van der Waals surface area contributed by atoms with Crippen LogP contribution < -0.4 is 0 Å². The molecule has 0 bridgehead atoms. The Bertz CT molecular complexity index is 376. The minimum Gasteiger partial charge on any atom is -0.265 e. The summed E-state index contributed by atoms with van der Waals surface area (Å²) in [6, 6.07) is 12.5. The third-order valence-electron chi connectivity index (χ3n) is 2.07. The molecule has 2 aromatic rings. The van der Waals surface area contributed by atoms with Gasteiger partial charge in [0.05, 0.1) is 0 Å². The number of hydrogen-bond donors (Lipinski definition) is 0. The molecule has 0 aliphatic rings. The maximum absolute atomic E-state index is 3.99. The van der Waals surface area contributed by atoms with E-state index < -0.39 is 0 Å². The van der Waals surface area contributed by atoms with Crippen molar-refractivity contribution >= 4 is 0 Å². The highest BCUT2D eigenvalue weighted by Gasteiger charge is 1.94. The van der Waals surface area contributed by atoms with Crippen LogP contribution in [-0.2, 0) is 0 Å². The fourth-order valence-electron chi connectivity index (χ4n) is 1.29. The topological polar surface area (TPSA) is 12.9 Å². The molecule has 0 fully saturated rings. The Hall–Kier alpha value is -1.63. The van der Waals surface area contributed by atoms with E-state index in [2.05, 4.69) is 36.2 Å². The molecule has 1 aromatic carbocycles. The van der Waals surface area contributed by atoms with Crippen LogP contribution in [0.25, 0.3) is 11.1 Å². The Morgan fingerprint density at radius 2 is 1.20 bits per heavy atom. The number of nitrogens with zero attached hydrogens (tertiary/aromatic N) is 1. The van der Waals surface area contributed by atoms with Crippen LogP contribution in [-0.4, -0.2) is 4.98 Å². The fraction of sp³-hybridized carbons (Fsp3) is 0.214. The lowest BCUT2D eigenvalue weighted by molar-refractivity contribution is 1.33. The van der Waals surface area contributed by atoms with Gasteiger partial charge in [-0.25, -0.2) is 0 Å². The molecule has 1 aromatic heterocycles. The van der Waals surface area contributed by atoms with E-state index in [9.17, 15) is 0 Å². The lowest BCUT2D eigenvalue weighted by Gasteiger charge is -2.00. The van der Waals surface area contributed by atoms with Gasteiger partial charge in [-0.3, -0.25) is 4.98 Å². The Balaban J connectivity index is 0.000000531. The van der Waals surface area contributed by atoms with Gasteiger partial charge in [0.2, 0.25) is 0 Å². The van der Waals surface area contributed by atoms with Crippen LogP contribution in [0.3, 0.4) is 0 Å². The van der Waals surface area contributed by atoms with Gasteiger partial charge in [0, 0.05) is 12.4 Å². The molecule has 1 nitrogen and oxygen atoms in total. The summed E-state index contributed by atoms with van der Waals surface area (Å²) in [7, 11) is 0. The van der Waals surface area contributed by atoms with Crippen molar-refractivity contribution in [2.75, 3.05) is 0 Å². The molecule has 1 heteroatoms. The summed E-state index contributed by atoms with van der Waals surface area (Å²) in [4.78, 5) is 3.99. The molecule has 2 rings (SSSR count). The summed E-state index contributed by atoms with van der Waals surface area (Å²) in [6.45, 7) is 6.09. The SMILES string of the molecule is CC.Cc1ccc(-c2ccncc2)cc1. The summed E-state index contributed by atoms with van der Waals surface area (Å²) in [5.74, 6) is 0. The van der Waals surface area contributed by atoms with Crippen molar-refractivity contribution in [2.45, 2.75) is 20.8 Å². The summed E-state index contributed by atoms with van der Waals surface area (Å²) in [5.41, 5.74) is 3.75. The molecular formula is C14H17N. The Kier molecular flexibility index (Phi) is 4.55. The van der Waals surface area contributed by atoms with Crippen molar-refractivity contribution in [1.29, 1.82) is 0 Å². The zero-order chi connectivity index (χ0) is 11.1. The van der Waals surface area contributed by atoms with Gasteiger partial charge >= 0.3 is 0 Å². The Morgan fingerprint density at radius 1 is 0.733 bits per heavy atom. The highest BCUT2D eigenvalue weighted by Crippen LogP contribution is 2.17. The molecular weight excluding hydrogens is 182 g/mol. The minimum absolute atomic E-state index is 1.22. The molecule has 0 saturated heterocycles. The van der Waals surface area contributed by atoms with Crippen molar-refractivity contribution < 1.29 is 0 Å². The van der Waals surface area contributed by atoms with Crippen LogP contribution in [0.15, 0.2) is 48.8 Å². The average Bonchev–Trinajstić information content (AvgIpc) is 2.34. The van der Waals surface area contributed by atoms with E-state index in [1.807, 2.05) is 38.4 Å². The summed E-state index contributed by atoms with van der Waals surface area (Å²) in [6.07, 6.45) is 3.63. The molecule has 0 saturated carbocycles. The van der Waals surface area contributed by atoms with Gasteiger partial charge in [0.25, 0.3) is 0 Å². The van der Waals surface area contributed by atoms with E-state index in [1.165, 1.54) is 16.7 Å². The smallest absolute Gasteiger partial charge is 0.0273 e. The van der Waals surface area contributed by atoms with Gasteiger partial charge in [-0.15, -0.1) is 0 Å². The molecule has 0 N–H and O–H groups in total. The molecule has 0 atom stereocenters. The largest absolute Gasteiger partial charge is 0.265 e. The highest BCUT2D eigenvalue weighted by atomic mass is 14.6. The van der Waals surface area contributed by atoms with E-state index >= 15 is 0 Å². The monoisotopic (exact) mass is 199 g/mol. The van der Waals surface area contributed by atoms with Crippen molar-refractivity contribution in [1.82, 2.24) is 4.98 Å². The quantitative estimate of drug-likeness (QED) is 0.674. The number of rotatable bonds is 1. The molecule has 15 heavy (non-hydrogen) atoms. The summed E-state index contributed by atoms with van der Waals surface area (Å²) < 4.78 is 0. The first-order valence-corrected chi connectivity index (χ1v) is 5.33. The molecule has 0 spiro atoms. The van der Waals surface area contributed by atoms with Crippen LogP contribution in [0, 0.1) is 6.92 Å². The summed E-state index contributed by atoms with van der Waals surface area (Å²) >= 11 is 0. The second-order valence-corrected chi connectivity index (χ2v) is 3.10. The molecule has 78 valence electrons. The maximum atomic E-state index is 3.99. The first-order valence-electron chi connectivity index (χ1n) is 5.33. The van der Waals surface area contributed by atoms with Gasteiger partial charge in [-0.1, -0.05) is 43.7 Å². The van der Waals surface area contributed by atoms with Crippen molar-refractivity contribution in [2.24, 2.45) is 0 Å².